The van der Waals surface area contributed by atoms with E-state index in [0.29, 0.717) is 36.2 Å². The van der Waals surface area contributed by atoms with Gasteiger partial charge in [0.15, 0.2) is 0 Å². The summed E-state index contributed by atoms with van der Waals surface area (Å²) in [6.07, 6.45) is 1.11. The minimum atomic E-state index is -0.468. The number of likely N-dealkylation sites (tertiary alicyclic amines) is 1. The van der Waals surface area contributed by atoms with E-state index < -0.39 is 4.92 Å². The van der Waals surface area contributed by atoms with Crippen molar-refractivity contribution in [1.82, 2.24) is 4.90 Å². The number of hydrogen-bond donors (Lipinski definition) is 1. The lowest BCUT2D eigenvalue weighted by Crippen LogP contribution is -2.42. The highest BCUT2D eigenvalue weighted by Gasteiger charge is 2.29. The Morgan fingerprint density at radius 2 is 1.95 bits per heavy atom. The maximum Gasteiger partial charge on any atom is 0.293 e. The van der Waals surface area contributed by atoms with Gasteiger partial charge in [0.1, 0.15) is 5.69 Å². The molecule has 0 spiro atoms. The molecule has 0 bridgehead atoms. The topological polar surface area (TPSA) is 75.5 Å². The summed E-state index contributed by atoms with van der Waals surface area (Å²) in [4.78, 5) is 25.1. The van der Waals surface area contributed by atoms with E-state index in [1.165, 1.54) is 6.07 Å². The van der Waals surface area contributed by atoms with Crippen LogP contribution < -0.4 is 5.32 Å². The van der Waals surface area contributed by atoms with Gasteiger partial charge < -0.3 is 10.2 Å². The van der Waals surface area contributed by atoms with Crippen LogP contribution in [0.5, 0.6) is 0 Å². The quantitative estimate of drug-likeness (QED) is 0.686. The largest absolute Gasteiger partial charge is 0.382 e. The standard InChI is InChI=1S/C15H21N3O3/c1-10-7-11(2)9-17(8-10)15(19)12-5-4-6-13(18(20)21)14(12)16-3/h4-6,10-11,16H,7-9H2,1-3H3. The molecule has 1 N–H and O–H groups in total. The van der Waals surface area contributed by atoms with Crippen LogP contribution in [-0.2, 0) is 0 Å². The van der Waals surface area contributed by atoms with Crippen LogP contribution >= 0.6 is 0 Å². The Labute approximate surface area is 124 Å². The van der Waals surface area contributed by atoms with E-state index in [1.54, 1.807) is 24.1 Å². The van der Waals surface area contributed by atoms with Gasteiger partial charge in [-0.15, -0.1) is 0 Å². The van der Waals surface area contributed by atoms with Crippen LogP contribution in [0.25, 0.3) is 0 Å². The van der Waals surface area contributed by atoms with Gasteiger partial charge in [-0.25, -0.2) is 0 Å². The second-order valence-electron chi connectivity index (χ2n) is 5.86. The molecule has 1 saturated heterocycles. The van der Waals surface area contributed by atoms with Crippen molar-refractivity contribution in [3.63, 3.8) is 0 Å². The van der Waals surface area contributed by atoms with E-state index in [-0.39, 0.29) is 11.6 Å². The van der Waals surface area contributed by atoms with Gasteiger partial charge >= 0.3 is 0 Å². The highest BCUT2D eigenvalue weighted by atomic mass is 16.6. The van der Waals surface area contributed by atoms with Crippen LogP contribution in [0, 0.1) is 22.0 Å². The van der Waals surface area contributed by atoms with Crippen LogP contribution in [0.3, 0.4) is 0 Å². The molecule has 0 saturated carbocycles. The normalized spacial score (nSPS) is 22.0. The number of benzene rings is 1. The molecule has 1 aliphatic rings. The first-order valence-electron chi connectivity index (χ1n) is 7.18. The lowest BCUT2D eigenvalue weighted by atomic mass is 9.91. The van der Waals surface area contributed by atoms with Crippen molar-refractivity contribution in [3.05, 3.63) is 33.9 Å². The van der Waals surface area contributed by atoms with Crippen molar-refractivity contribution in [2.45, 2.75) is 20.3 Å². The SMILES string of the molecule is CNc1c(C(=O)N2CC(C)CC(C)C2)cccc1[N+](=O)[O-]. The van der Waals surface area contributed by atoms with Crippen LogP contribution in [0.2, 0.25) is 0 Å². The number of nitro groups is 1. The molecule has 1 aliphatic heterocycles. The Morgan fingerprint density at radius 1 is 1.33 bits per heavy atom. The number of carbonyl (C=O) groups is 1. The molecular formula is C15H21N3O3. The molecule has 2 unspecified atom stereocenters. The lowest BCUT2D eigenvalue weighted by molar-refractivity contribution is -0.384. The van der Waals surface area contributed by atoms with E-state index in [0.717, 1.165) is 6.42 Å². The van der Waals surface area contributed by atoms with Crippen LogP contribution in [0.15, 0.2) is 18.2 Å². The van der Waals surface area contributed by atoms with Crippen molar-refractivity contribution in [2.75, 3.05) is 25.5 Å². The zero-order valence-corrected chi connectivity index (χ0v) is 12.6. The summed E-state index contributed by atoms with van der Waals surface area (Å²) in [6, 6.07) is 4.61. The number of anilines is 1. The fraction of sp³-hybridized carbons (Fsp3) is 0.533. The molecule has 2 atom stereocenters. The number of para-hydroxylation sites is 1. The molecule has 1 fully saturated rings. The third-order valence-electron chi connectivity index (χ3n) is 3.88. The number of nitrogens with one attached hydrogen (secondary N) is 1. The predicted molar refractivity (Wildman–Crippen MR) is 81.5 cm³/mol. The molecule has 0 aromatic heterocycles. The van der Waals surface area contributed by atoms with E-state index in [9.17, 15) is 14.9 Å². The van der Waals surface area contributed by atoms with Gasteiger partial charge in [0.25, 0.3) is 11.6 Å². The van der Waals surface area contributed by atoms with Gasteiger partial charge in [-0.05, 0) is 24.3 Å². The van der Waals surface area contributed by atoms with Gasteiger partial charge in [0.2, 0.25) is 0 Å². The summed E-state index contributed by atoms with van der Waals surface area (Å²) in [6.45, 7) is 5.66. The fourth-order valence-corrected chi connectivity index (χ4v) is 3.13. The Bertz CT molecular complexity index is 549. The second kappa shape index (κ2) is 6.11. The van der Waals surface area contributed by atoms with E-state index in [1.807, 2.05) is 0 Å². The van der Waals surface area contributed by atoms with Crippen molar-refractivity contribution in [1.29, 1.82) is 0 Å². The fourth-order valence-electron chi connectivity index (χ4n) is 3.13. The Morgan fingerprint density at radius 3 is 2.48 bits per heavy atom. The predicted octanol–water partition coefficient (Wildman–Crippen LogP) is 2.75. The van der Waals surface area contributed by atoms with Gasteiger partial charge in [-0.3, -0.25) is 14.9 Å². The number of amides is 1. The minimum absolute atomic E-state index is 0.0681. The summed E-state index contributed by atoms with van der Waals surface area (Å²) in [5.41, 5.74) is 0.591. The van der Waals surface area contributed by atoms with Crippen LogP contribution in [0.4, 0.5) is 11.4 Å². The minimum Gasteiger partial charge on any atom is -0.382 e. The molecule has 1 heterocycles. The number of hydrogen-bond acceptors (Lipinski definition) is 4. The summed E-state index contributed by atoms with van der Waals surface area (Å²) in [5.74, 6) is 0.769. The maximum atomic E-state index is 12.7. The summed E-state index contributed by atoms with van der Waals surface area (Å²) >= 11 is 0. The van der Waals surface area contributed by atoms with Gasteiger partial charge in [0.05, 0.1) is 10.5 Å². The highest BCUT2D eigenvalue weighted by Crippen LogP contribution is 2.30. The van der Waals surface area contributed by atoms with E-state index in [2.05, 4.69) is 19.2 Å². The van der Waals surface area contributed by atoms with E-state index >= 15 is 0 Å². The van der Waals surface area contributed by atoms with Gasteiger partial charge in [-0.2, -0.15) is 0 Å². The summed E-state index contributed by atoms with van der Waals surface area (Å²) in [7, 11) is 1.60. The van der Waals surface area contributed by atoms with Crippen molar-refractivity contribution >= 4 is 17.3 Å². The highest BCUT2D eigenvalue weighted by molar-refractivity contribution is 6.01. The molecule has 1 aromatic rings. The Kier molecular flexibility index (Phi) is 4.45. The monoisotopic (exact) mass is 291 g/mol. The number of rotatable bonds is 3. The Hall–Kier alpha value is -2.11. The lowest BCUT2D eigenvalue weighted by Gasteiger charge is -2.35. The smallest absolute Gasteiger partial charge is 0.293 e. The van der Waals surface area contributed by atoms with E-state index in [4.69, 9.17) is 0 Å². The van der Waals surface area contributed by atoms with Crippen molar-refractivity contribution in [3.8, 4) is 0 Å². The maximum absolute atomic E-state index is 12.7. The molecule has 114 valence electrons. The van der Waals surface area contributed by atoms with Crippen LogP contribution in [-0.4, -0.2) is 35.9 Å². The molecule has 1 amide bonds. The molecule has 6 nitrogen and oxygen atoms in total. The number of nitrogens with zero attached hydrogens (tertiary/aromatic N) is 2. The Balaban J connectivity index is 2.35. The zero-order chi connectivity index (χ0) is 15.6. The average Bonchev–Trinajstić information content (AvgIpc) is 2.44. The molecule has 0 radical (unpaired) electrons. The number of nitro benzene ring substituents is 1. The molecule has 2 rings (SSSR count). The zero-order valence-electron chi connectivity index (χ0n) is 12.6. The third-order valence-corrected chi connectivity index (χ3v) is 3.88. The van der Waals surface area contributed by atoms with Crippen molar-refractivity contribution < 1.29 is 9.72 Å². The molecule has 0 aliphatic carbocycles. The summed E-state index contributed by atoms with van der Waals surface area (Å²) < 4.78 is 0. The molecule has 1 aromatic carbocycles. The molecule has 21 heavy (non-hydrogen) atoms. The first-order valence-corrected chi connectivity index (χ1v) is 7.18. The number of piperidine rings is 1. The third kappa shape index (κ3) is 3.15. The van der Waals surface area contributed by atoms with Gasteiger partial charge in [0, 0.05) is 26.2 Å². The second-order valence-corrected chi connectivity index (χ2v) is 5.86. The summed E-state index contributed by atoms with van der Waals surface area (Å²) in [5, 5.41) is 13.9. The number of carbonyl (C=O) groups excluding carboxylic acids is 1. The molecular weight excluding hydrogens is 270 g/mol. The first-order chi connectivity index (χ1) is 9.93. The molecule has 6 heteroatoms. The average molecular weight is 291 g/mol. The van der Waals surface area contributed by atoms with Crippen LogP contribution in [0.1, 0.15) is 30.6 Å². The van der Waals surface area contributed by atoms with Gasteiger partial charge in [-0.1, -0.05) is 19.9 Å². The first kappa shape index (κ1) is 15.3. The van der Waals surface area contributed by atoms with Crippen molar-refractivity contribution in [2.24, 2.45) is 11.8 Å².